The summed E-state index contributed by atoms with van der Waals surface area (Å²) in [5.74, 6) is -2.65. The number of hydrogen-bond acceptors (Lipinski definition) is 5. The quantitative estimate of drug-likeness (QED) is 0.472. The van der Waals surface area contributed by atoms with E-state index in [0.717, 1.165) is 6.92 Å². The minimum atomic E-state index is -4.86. The number of halogens is 5. The lowest BCUT2D eigenvalue weighted by Crippen LogP contribution is -2.40. The van der Waals surface area contributed by atoms with Crippen LogP contribution in [-0.4, -0.2) is 32.5 Å². The van der Waals surface area contributed by atoms with Crippen LogP contribution in [0.3, 0.4) is 0 Å². The van der Waals surface area contributed by atoms with E-state index in [1.807, 2.05) is 0 Å². The average molecular weight is 501 g/mol. The summed E-state index contributed by atoms with van der Waals surface area (Å²) in [6, 6.07) is 7.15. The highest BCUT2D eigenvalue weighted by atomic mass is 35.5. The molecule has 0 saturated heterocycles. The first-order valence-electron chi connectivity index (χ1n) is 8.93. The molecule has 3 amide bonds. The zero-order chi connectivity index (χ0) is 24.3. The SMILES string of the molecule is CC(=O)NNC(=O)c1cc(Cl)ccc1NC(=O)c1cc(C(F)(F)F)nn1-c1ncccc1Cl. The molecule has 172 valence electrons. The van der Waals surface area contributed by atoms with Crippen molar-refractivity contribution in [3.8, 4) is 5.82 Å². The second-order valence-corrected chi connectivity index (χ2v) is 7.26. The summed E-state index contributed by atoms with van der Waals surface area (Å²) in [5, 5.41) is 5.86. The summed E-state index contributed by atoms with van der Waals surface area (Å²) in [6.07, 6.45) is -3.59. The van der Waals surface area contributed by atoms with Crippen LogP contribution in [0.25, 0.3) is 5.82 Å². The lowest BCUT2D eigenvalue weighted by molar-refractivity contribution is -0.141. The lowest BCUT2D eigenvalue weighted by atomic mass is 10.1. The number of hydrogen-bond donors (Lipinski definition) is 3. The van der Waals surface area contributed by atoms with E-state index in [-0.39, 0.29) is 27.1 Å². The minimum absolute atomic E-state index is 0.0507. The maximum absolute atomic E-state index is 13.3. The van der Waals surface area contributed by atoms with Gasteiger partial charge >= 0.3 is 6.18 Å². The van der Waals surface area contributed by atoms with Crippen LogP contribution >= 0.6 is 23.2 Å². The number of rotatable bonds is 4. The first kappa shape index (κ1) is 24.0. The topological polar surface area (TPSA) is 118 Å². The van der Waals surface area contributed by atoms with Crippen LogP contribution in [-0.2, 0) is 11.0 Å². The summed E-state index contributed by atoms with van der Waals surface area (Å²) in [7, 11) is 0. The molecule has 33 heavy (non-hydrogen) atoms. The van der Waals surface area contributed by atoms with E-state index in [1.54, 1.807) is 0 Å². The Morgan fingerprint density at radius 2 is 1.76 bits per heavy atom. The van der Waals surface area contributed by atoms with E-state index in [9.17, 15) is 27.6 Å². The molecule has 3 N–H and O–H groups in total. The number of nitrogens with zero attached hydrogens (tertiary/aromatic N) is 3. The van der Waals surface area contributed by atoms with Crippen molar-refractivity contribution in [1.82, 2.24) is 25.6 Å². The molecule has 0 radical (unpaired) electrons. The molecule has 1 aromatic carbocycles. The minimum Gasteiger partial charge on any atom is -0.320 e. The van der Waals surface area contributed by atoms with Crippen molar-refractivity contribution in [2.75, 3.05) is 5.32 Å². The standard InChI is InChI=1S/C19H13Cl2F3N6O3/c1-9(31)27-28-17(32)11-7-10(20)4-5-13(11)26-18(33)14-8-15(19(22,23)24)29-30(14)16-12(21)3-2-6-25-16/h2-8H,1H3,(H,26,33)(H,27,31)(H,28,32). The highest BCUT2D eigenvalue weighted by molar-refractivity contribution is 6.32. The van der Waals surface area contributed by atoms with Gasteiger partial charge in [0.25, 0.3) is 11.8 Å². The van der Waals surface area contributed by atoms with Crippen molar-refractivity contribution in [1.29, 1.82) is 0 Å². The summed E-state index contributed by atoms with van der Waals surface area (Å²) < 4.78 is 40.5. The molecule has 0 saturated carbocycles. The van der Waals surface area contributed by atoms with Crippen LogP contribution in [0.5, 0.6) is 0 Å². The number of carbonyl (C=O) groups excluding carboxylic acids is 3. The predicted octanol–water partition coefficient (Wildman–Crippen LogP) is 3.63. The summed E-state index contributed by atoms with van der Waals surface area (Å²) in [4.78, 5) is 40.2. The van der Waals surface area contributed by atoms with Crippen molar-refractivity contribution in [2.24, 2.45) is 0 Å². The van der Waals surface area contributed by atoms with E-state index in [4.69, 9.17) is 23.2 Å². The number of carbonyl (C=O) groups is 3. The van der Waals surface area contributed by atoms with Gasteiger partial charge in [-0.05, 0) is 30.3 Å². The maximum atomic E-state index is 13.3. The van der Waals surface area contributed by atoms with Gasteiger partial charge in [-0.1, -0.05) is 23.2 Å². The fourth-order valence-electron chi connectivity index (χ4n) is 2.59. The molecule has 2 heterocycles. The normalized spacial score (nSPS) is 11.1. The molecule has 0 aliphatic rings. The Morgan fingerprint density at radius 1 is 1.03 bits per heavy atom. The third-order valence-electron chi connectivity index (χ3n) is 4.00. The van der Waals surface area contributed by atoms with Crippen LogP contribution < -0.4 is 16.2 Å². The van der Waals surface area contributed by atoms with Crippen LogP contribution in [0.4, 0.5) is 18.9 Å². The van der Waals surface area contributed by atoms with E-state index >= 15 is 0 Å². The monoisotopic (exact) mass is 500 g/mol. The number of amides is 3. The van der Waals surface area contributed by atoms with Gasteiger partial charge in [0.15, 0.2) is 11.5 Å². The van der Waals surface area contributed by atoms with E-state index in [2.05, 4.69) is 26.3 Å². The van der Waals surface area contributed by atoms with Gasteiger partial charge < -0.3 is 5.32 Å². The molecule has 3 rings (SSSR count). The summed E-state index contributed by atoms with van der Waals surface area (Å²) in [6.45, 7) is 1.16. The zero-order valence-corrected chi connectivity index (χ0v) is 18.0. The van der Waals surface area contributed by atoms with Crippen molar-refractivity contribution < 1.29 is 27.6 Å². The van der Waals surface area contributed by atoms with Crippen molar-refractivity contribution in [3.05, 3.63) is 69.6 Å². The second-order valence-electron chi connectivity index (χ2n) is 6.41. The van der Waals surface area contributed by atoms with Gasteiger partial charge in [0, 0.05) is 24.2 Å². The average Bonchev–Trinajstić information content (AvgIpc) is 3.19. The molecular weight excluding hydrogens is 488 g/mol. The van der Waals surface area contributed by atoms with Crippen LogP contribution in [0.2, 0.25) is 10.0 Å². The lowest BCUT2D eigenvalue weighted by Gasteiger charge is -2.13. The molecule has 0 fully saturated rings. The second kappa shape index (κ2) is 9.46. The molecule has 0 unspecified atom stereocenters. The fourth-order valence-corrected chi connectivity index (χ4v) is 2.96. The zero-order valence-electron chi connectivity index (χ0n) is 16.5. The Morgan fingerprint density at radius 3 is 2.39 bits per heavy atom. The highest BCUT2D eigenvalue weighted by Crippen LogP contribution is 2.31. The van der Waals surface area contributed by atoms with Crippen molar-refractivity contribution in [2.45, 2.75) is 13.1 Å². The number of anilines is 1. The number of aromatic nitrogens is 3. The predicted molar refractivity (Wildman–Crippen MR) is 112 cm³/mol. The van der Waals surface area contributed by atoms with E-state index < -0.39 is 35.3 Å². The van der Waals surface area contributed by atoms with Gasteiger partial charge in [-0.25, -0.2) is 9.67 Å². The molecule has 0 atom stereocenters. The van der Waals surface area contributed by atoms with Gasteiger partial charge in [-0.15, -0.1) is 0 Å². The molecule has 2 aromatic heterocycles. The number of pyridine rings is 1. The molecule has 0 spiro atoms. The van der Waals surface area contributed by atoms with Gasteiger partial charge in [-0.3, -0.25) is 25.2 Å². The molecule has 0 aliphatic heterocycles. The van der Waals surface area contributed by atoms with E-state index in [0.29, 0.717) is 10.7 Å². The number of benzene rings is 1. The number of hydrazine groups is 1. The Bertz CT molecular complexity index is 1250. The van der Waals surface area contributed by atoms with Crippen LogP contribution in [0.15, 0.2) is 42.6 Å². The van der Waals surface area contributed by atoms with Gasteiger partial charge in [0.2, 0.25) is 5.91 Å². The first-order valence-corrected chi connectivity index (χ1v) is 9.69. The van der Waals surface area contributed by atoms with E-state index in [1.165, 1.54) is 36.5 Å². The van der Waals surface area contributed by atoms with Crippen molar-refractivity contribution in [3.63, 3.8) is 0 Å². The Balaban J connectivity index is 2.02. The van der Waals surface area contributed by atoms with Crippen LogP contribution in [0, 0.1) is 0 Å². The Hall–Kier alpha value is -3.64. The van der Waals surface area contributed by atoms with Gasteiger partial charge in [-0.2, -0.15) is 18.3 Å². The maximum Gasteiger partial charge on any atom is 0.435 e. The fraction of sp³-hybridized carbons (Fsp3) is 0.105. The molecule has 9 nitrogen and oxygen atoms in total. The largest absolute Gasteiger partial charge is 0.435 e. The smallest absolute Gasteiger partial charge is 0.320 e. The third kappa shape index (κ3) is 5.59. The Kier molecular flexibility index (Phi) is 6.89. The molecular formula is C19H13Cl2F3N6O3. The molecule has 0 aliphatic carbocycles. The Labute approximate surface area is 193 Å². The first-order chi connectivity index (χ1) is 15.5. The third-order valence-corrected chi connectivity index (χ3v) is 4.53. The van der Waals surface area contributed by atoms with Gasteiger partial charge in [0.05, 0.1) is 16.3 Å². The van der Waals surface area contributed by atoms with Crippen LogP contribution in [0.1, 0.15) is 33.5 Å². The van der Waals surface area contributed by atoms with Crippen molar-refractivity contribution >= 4 is 46.6 Å². The summed E-state index contributed by atoms with van der Waals surface area (Å²) in [5.41, 5.74) is 2.02. The van der Waals surface area contributed by atoms with Gasteiger partial charge in [0.1, 0.15) is 5.69 Å². The molecule has 14 heteroatoms. The highest BCUT2D eigenvalue weighted by Gasteiger charge is 2.36. The summed E-state index contributed by atoms with van der Waals surface area (Å²) >= 11 is 11.9. The molecule has 0 bridgehead atoms. The number of nitrogens with one attached hydrogen (secondary N) is 3. The number of alkyl halides is 3. The molecule has 3 aromatic rings.